The molecule has 0 atom stereocenters. The van der Waals surface area contributed by atoms with Crippen molar-refractivity contribution in [3.05, 3.63) is 17.3 Å². The lowest BCUT2D eigenvalue weighted by Gasteiger charge is -2.31. The first-order chi connectivity index (χ1) is 24.3. The molecule has 0 radical (unpaired) electrons. The smallest absolute Gasteiger partial charge is 0.187 e. The van der Waals surface area contributed by atoms with Gasteiger partial charge < -0.3 is 18.9 Å². The van der Waals surface area contributed by atoms with Crippen LogP contribution in [0.5, 0.6) is 23.0 Å². The maximum atomic E-state index is 10.6. The number of unbranched alkanes of at least 4 members (excludes halogenated alkanes) is 12. The Kier molecular flexibility index (Phi) is 17.8. The zero-order valence-electron chi connectivity index (χ0n) is 31.2. The Morgan fingerprint density at radius 3 is 1.38 bits per heavy atom. The molecule has 9 heteroatoms. The van der Waals surface area contributed by atoms with Crippen LogP contribution < -0.4 is 18.9 Å². The molecule has 5 nitrogen and oxygen atoms in total. The number of halogens is 2. The van der Waals surface area contributed by atoms with Crippen LogP contribution in [0.3, 0.4) is 0 Å². The molecule has 0 bridgehead atoms. The minimum absolute atomic E-state index is 0.00263. The number of allylic oxidation sites excluding steroid dienone is 1. The number of fused-ring (bicyclic) bond motifs is 2. The molecule has 50 heavy (non-hydrogen) atoms. The molecule has 2 aromatic heterocycles. The van der Waals surface area contributed by atoms with Gasteiger partial charge in [0.15, 0.2) is 23.0 Å². The summed E-state index contributed by atoms with van der Waals surface area (Å²) in [5, 5.41) is 10.6. The van der Waals surface area contributed by atoms with Gasteiger partial charge in [-0.05, 0) is 63.6 Å². The van der Waals surface area contributed by atoms with E-state index in [1.807, 2.05) is 6.08 Å². The number of nitriles is 1. The minimum atomic E-state index is -0.0217. The van der Waals surface area contributed by atoms with E-state index in [1.54, 1.807) is 11.3 Å². The van der Waals surface area contributed by atoms with Crippen LogP contribution in [0.1, 0.15) is 166 Å². The summed E-state index contributed by atoms with van der Waals surface area (Å²) in [5.41, 5.74) is 0.525. The Morgan fingerprint density at radius 1 is 0.580 bits per heavy atom. The average Bonchev–Trinajstić information content (AvgIpc) is 3.41. The maximum absolute atomic E-state index is 10.6. The van der Waals surface area contributed by atoms with E-state index < -0.39 is 0 Å². The molecular weight excluding hydrogens is 794 g/mol. The predicted octanol–water partition coefficient (Wildman–Crippen LogP) is 14.8. The van der Waals surface area contributed by atoms with E-state index in [1.165, 1.54) is 114 Å². The fourth-order valence-electron chi connectivity index (χ4n) is 7.35. The van der Waals surface area contributed by atoms with Gasteiger partial charge in [-0.1, -0.05) is 130 Å². The van der Waals surface area contributed by atoms with Gasteiger partial charge in [-0.2, -0.15) is 5.26 Å². The zero-order valence-corrected chi connectivity index (χ0v) is 36.0. The summed E-state index contributed by atoms with van der Waals surface area (Å²) in [7, 11) is 0. The Balaban J connectivity index is 1.57. The number of hydrogen-bond acceptors (Lipinski definition) is 7. The van der Waals surface area contributed by atoms with Crippen molar-refractivity contribution < 1.29 is 18.9 Å². The molecule has 0 saturated carbocycles. The molecule has 2 aromatic rings. The number of hydrogen-bond donors (Lipinski definition) is 0. The molecule has 0 unspecified atom stereocenters. The lowest BCUT2D eigenvalue weighted by atomic mass is 9.79. The maximum Gasteiger partial charge on any atom is 0.187 e. The van der Waals surface area contributed by atoms with Crippen LogP contribution in [0.4, 0.5) is 0 Å². The molecule has 2 aliphatic heterocycles. The van der Waals surface area contributed by atoms with Crippen molar-refractivity contribution in [3.8, 4) is 29.1 Å². The van der Waals surface area contributed by atoms with E-state index in [9.17, 15) is 5.26 Å². The number of rotatable bonds is 22. The van der Waals surface area contributed by atoms with E-state index in [4.69, 9.17) is 18.9 Å². The lowest BCUT2D eigenvalue weighted by Crippen LogP contribution is -2.33. The average molecular weight is 856 g/mol. The largest absolute Gasteiger partial charge is 0.487 e. The van der Waals surface area contributed by atoms with E-state index in [-0.39, 0.29) is 10.8 Å². The van der Waals surface area contributed by atoms with Crippen molar-refractivity contribution in [3.63, 3.8) is 0 Å². The number of nitrogens with zero attached hydrogens (tertiary/aromatic N) is 1. The predicted molar refractivity (Wildman–Crippen MR) is 219 cm³/mol. The SMILES string of the molecule is CCCCCCC1(CCCCCC)COc2c(Br)sc(/C=C(\C#N)c3sc(Br)c4c3OCC(CCCCCC)(CCCCCC)CO4)c2OC1. The molecule has 0 N–H and O–H groups in total. The van der Waals surface area contributed by atoms with Crippen molar-refractivity contribution in [2.75, 3.05) is 26.4 Å². The molecule has 0 aromatic carbocycles. The first-order valence-corrected chi connectivity index (χ1v) is 22.8. The number of ether oxygens (including phenoxy) is 4. The van der Waals surface area contributed by atoms with Crippen LogP contribution in [-0.4, -0.2) is 26.4 Å². The first kappa shape index (κ1) is 41.5. The molecule has 0 spiro atoms. The van der Waals surface area contributed by atoms with Gasteiger partial charge in [0.05, 0.1) is 41.8 Å². The summed E-state index contributed by atoms with van der Waals surface area (Å²) in [4.78, 5) is 1.70. The van der Waals surface area contributed by atoms with Crippen molar-refractivity contribution in [1.29, 1.82) is 5.26 Å². The van der Waals surface area contributed by atoms with Gasteiger partial charge in [-0.25, -0.2) is 0 Å². The summed E-state index contributed by atoms with van der Waals surface area (Å²) in [6, 6.07) is 2.51. The molecule has 0 amide bonds. The zero-order chi connectivity index (χ0) is 35.8. The summed E-state index contributed by atoms with van der Waals surface area (Å²) in [6.07, 6.45) is 26.2. The van der Waals surface area contributed by atoms with E-state index in [0.717, 1.165) is 60.3 Å². The van der Waals surface area contributed by atoms with Gasteiger partial charge in [-0.3, -0.25) is 0 Å². The van der Waals surface area contributed by atoms with Crippen LogP contribution >= 0.6 is 54.5 Å². The second kappa shape index (κ2) is 21.5. The highest BCUT2D eigenvalue weighted by molar-refractivity contribution is 9.11. The lowest BCUT2D eigenvalue weighted by molar-refractivity contribution is 0.0780. The van der Waals surface area contributed by atoms with Gasteiger partial charge in [0.25, 0.3) is 0 Å². The van der Waals surface area contributed by atoms with Crippen LogP contribution in [0.25, 0.3) is 11.6 Å². The first-order valence-electron chi connectivity index (χ1n) is 19.6. The molecule has 0 aliphatic carbocycles. The van der Waals surface area contributed by atoms with Crippen LogP contribution in [-0.2, 0) is 0 Å². The molecule has 0 fully saturated rings. The topological polar surface area (TPSA) is 60.7 Å². The molecule has 4 heterocycles. The summed E-state index contributed by atoms with van der Waals surface area (Å²) < 4.78 is 28.5. The highest BCUT2D eigenvalue weighted by atomic mass is 79.9. The van der Waals surface area contributed by atoms with Gasteiger partial charge in [0.2, 0.25) is 0 Å². The van der Waals surface area contributed by atoms with Crippen LogP contribution in [0.2, 0.25) is 0 Å². The second-order valence-electron chi connectivity index (χ2n) is 14.8. The quantitative estimate of drug-likeness (QED) is 0.0872. The monoisotopic (exact) mass is 853 g/mol. The van der Waals surface area contributed by atoms with E-state index in [2.05, 4.69) is 65.6 Å². The molecular formula is C41H61Br2NO4S2. The molecule has 2 aliphatic rings. The minimum Gasteiger partial charge on any atom is -0.487 e. The summed E-state index contributed by atoms with van der Waals surface area (Å²) in [6.45, 7) is 11.6. The van der Waals surface area contributed by atoms with Crippen LogP contribution in [0, 0.1) is 22.2 Å². The third-order valence-electron chi connectivity index (χ3n) is 10.6. The van der Waals surface area contributed by atoms with Crippen molar-refractivity contribution >= 4 is 66.2 Å². The van der Waals surface area contributed by atoms with E-state index in [0.29, 0.717) is 37.8 Å². The highest BCUT2D eigenvalue weighted by Crippen LogP contribution is 2.54. The third-order valence-corrected chi connectivity index (χ3v) is 14.1. The van der Waals surface area contributed by atoms with Gasteiger partial charge >= 0.3 is 0 Å². The van der Waals surface area contributed by atoms with Gasteiger partial charge in [0, 0.05) is 10.8 Å². The standard InChI is InChI=1S/C41H61Br2NO4S2/c1-5-9-13-17-21-40(22-18-14-10-6-2)27-45-33-32(49-38(42)35(33)47-29-40)25-31(26-44)37-34-36(39(43)50-37)48-30-41(28-46-34,23-19-15-11-7-3)24-20-16-12-8-4/h25H,5-24,27-30H2,1-4H3/b31-25+. The molecule has 4 rings (SSSR count). The van der Waals surface area contributed by atoms with Crippen molar-refractivity contribution in [2.45, 2.75) is 156 Å². The Bertz CT molecular complexity index is 1370. The molecule has 0 saturated heterocycles. The summed E-state index contributed by atoms with van der Waals surface area (Å²) >= 11 is 10.6. The number of thiophene rings is 2. The fourth-order valence-corrected chi connectivity index (χ4v) is 10.7. The normalized spacial score (nSPS) is 16.5. The Hall–Kier alpha value is -1.21. The Labute approximate surface area is 328 Å². The van der Waals surface area contributed by atoms with Gasteiger partial charge in [0.1, 0.15) is 13.6 Å². The molecule has 280 valence electrons. The highest BCUT2D eigenvalue weighted by Gasteiger charge is 2.39. The van der Waals surface area contributed by atoms with E-state index >= 15 is 0 Å². The second-order valence-corrected chi connectivity index (χ2v) is 19.5. The Morgan fingerprint density at radius 2 is 0.960 bits per heavy atom. The van der Waals surface area contributed by atoms with Crippen molar-refractivity contribution in [1.82, 2.24) is 0 Å². The van der Waals surface area contributed by atoms with Crippen LogP contribution in [0.15, 0.2) is 7.57 Å². The van der Waals surface area contributed by atoms with Gasteiger partial charge in [-0.15, -0.1) is 22.7 Å². The van der Waals surface area contributed by atoms with Crippen molar-refractivity contribution in [2.24, 2.45) is 10.8 Å². The summed E-state index contributed by atoms with van der Waals surface area (Å²) in [5.74, 6) is 2.94. The third kappa shape index (κ3) is 11.4. The fraction of sp³-hybridized carbons (Fsp3) is 0.732.